The second kappa shape index (κ2) is 8.24. The van der Waals surface area contributed by atoms with Gasteiger partial charge in [0.2, 0.25) is 0 Å². The van der Waals surface area contributed by atoms with Crippen LogP contribution in [-0.4, -0.2) is 24.3 Å². The van der Waals surface area contributed by atoms with Gasteiger partial charge in [0.05, 0.1) is 13.2 Å². The molecule has 0 fully saturated rings. The second-order valence-electron chi connectivity index (χ2n) is 3.62. The van der Waals surface area contributed by atoms with E-state index in [-0.39, 0.29) is 18.0 Å². The molecule has 15 heavy (non-hydrogen) atoms. The van der Waals surface area contributed by atoms with E-state index in [1.807, 2.05) is 6.92 Å². The lowest BCUT2D eigenvalue weighted by Gasteiger charge is -2.10. The van der Waals surface area contributed by atoms with Gasteiger partial charge in [0.15, 0.2) is 0 Å². The molecule has 0 heterocycles. The Balaban J connectivity index is 3.73. The number of aliphatic hydroxyl groups is 1. The number of allylic oxidation sites excluding steroid dienone is 1. The van der Waals surface area contributed by atoms with Gasteiger partial charge in [-0.3, -0.25) is 0 Å². The number of methoxy groups -OCH3 is 1. The van der Waals surface area contributed by atoms with E-state index in [2.05, 4.69) is 11.3 Å². The van der Waals surface area contributed by atoms with Gasteiger partial charge in [0.1, 0.15) is 0 Å². The summed E-state index contributed by atoms with van der Waals surface area (Å²) >= 11 is 0. The number of carbonyl (C=O) groups excluding carboxylic acids is 1. The van der Waals surface area contributed by atoms with E-state index >= 15 is 0 Å². The number of rotatable bonds is 7. The summed E-state index contributed by atoms with van der Waals surface area (Å²) in [6.45, 7) is 5.56. The van der Waals surface area contributed by atoms with E-state index in [9.17, 15) is 9.90 Å². The third-order valence-electron chi connectivity index (χ3n) is 2.16. The van der Waals surface area contributed by atoms with E-state index in [0.29, 0.717) is 6.42 Å². The molecule has 0 unspecified atom stereocenters. The Kier molecular flexibility index (Phi) is 7.64. The highest BCUT2D eigenvalue weighted by Gasteiger charge is 2.04. The quantitative estimate of drug-likeness (QED) is 0.399. The zero-order valence-electron chi connectivity index (χ0n) is 9.48. The van der Waals surface area contributed by atoms with Crippen LogP contribution >= 0.6 is 0 Å². The average molecular weight is 212 g/mol. The second-order valence-corrected chi connectivity index (χ2v) is 3.62. The summed E-state index contributed by atoms with van der Waals surface area (Å²) in [6, 6.07) is 0. The van der Waals surface area contributed by atoms with Gasteiger partial charge in [0.25, 0.3) is 0 Å². The van der Waals surface area contributed by atoms with Gasteiger partial charge in [-0.2, -0.15) is 0 Å². The molecular weight excluding hydrogens is 192 g/mol. The van der Waals surface area contributed by atoms with Crippen LogP contribution in [0.4, 0.5) is 0 Å². The number of hydrogen-bond acceptors (Lipinski definition) is 3. The predicted octanol–water partition coefficient (Wildman–Crippen LogP) is 2.07. The number of hydrogen-bond donors (Lipinski definition) is 1. The monoisotopic (exact) mass is 212 g/mol. The van der Waals surface area contributed by atoms with Crippen molar-refractivity contribution in [2.75, 3.05) is 7.11 Å². The third kappa shape index (κ3) is 7.94. The first-order valence-corrected chi connectivity index (χ1v) is 5.15. The molecule has 0 aromatic rings. The molecule has 0 bridgehead atoms. The van der Waals surface area contributed by atoms with Crippen LogP contribution in [0.1, 0.15) is 26.2 Å². The number of esters is 1. The number of ether oxygens (including phenoxy) is 1. The molecule has 3 nitrogen and oxygen atoms in total. The Bertz CT molecular complexity index is 221. The lowest BCUT2D eigenvalue weighted by Crippen LogP contribution is -2.06. The molecule has 0 saturated heterocycles. The Hall–Kier alpha value is -1.09. The lowest BCUT2D eigenvalue weighted by atomic mass is 10.0. The van der Waals surface area contributed by atoms with Crippen LogP contribution in [0.25, 0.3) is 0 Å². The normalized spacial score (nSPS) is 14.9. The topological polar surface area (TPSA) is 46.5 Å². The third-order valence-corrected chi connectivity index (χ3v) is 2.16. The fraction of sp³-hybridized carbons (Fsp3) is 0.583. The molecule has 0 rings (SSSR count). The molecule has 0 aliphatic rings. The average Bonchev–Trinajstić information content (AvgIpc) is 2.23. The Morgan fingerprint density at radius 3 is 2.73 bits per heavy atom. The molecule has 0 spiro atoms. The fourth-order valence-corrected chi connectivity index (χ4v) is 1.17. The van der Waals surface area contributed by atoms with Crippen molar-refractivity contribution in [1.29, 1.82) is 0 Å². The van der Waals surface area contributed by atoms with Crippen molar-refractivity contribution in [3.63, 3.8) is 0 Å². The first kappa shape index (κ1) is 13.9. The molecule has 1 N–H and O–H groups in total. The van der Waals surface area contributed by atoms with Gasteiger partial charge in [-0.25, -0.2) is 4.79 Å². The number of carbonyl (C=O) groups is 1. The zero-order valence-corrected chi connectivity index (χ0v) is 9.48. The van der Waals surface area contributed by atoms with E-state index in [1.54, 1.807) is 12.2 Å². The standard InChI is InChI=1S/C12H20O3/c1-4-5-11(13)8-6-10(2)7-9-12(14)15-3/h4,7,9-11,13H,1,5-6,8H2,2-3H3/b9-7+/t10-,11-/m0/s1. The highest BCUT2D eigenvalue weighted by molar-refractivity contribution is 5.81. The van der Waals surface area contributed by atoms with E-state index in [1.165, 1.54) is 13.2 Å². The highest BCUT2D eigenvalue weighted by Crippen LogP contribution is 2.11. The maximum atomic E-state index is 10.8. The van der Waals surface area contributed by atoms with E-state index < -0.39 is 0 Å². The van der Waals surface area contributed by atoms with Crippen molar-refractivity contribution < 1.29 is 14.6 Å². The van der Waals surface area contributed by atoms with Crippen LogP contribution in [0, 0.1) is 5.92 Å². The van der Waals surface area contributed by atoms with Gasteiger partial charge in [0, 0.05) is 6.08 Å². The lowest BCUT2D eigenvalue weighted by molar-refractivity contribution is -0.134. The van der Waals surface area contributed by atoms with Crippen molar-refractivity contribution in [2.24, 2.45) is 5.92 Å². The Labute approximate surface area is 91.4 Å². The molecule has 0 radical (unpaired) electrons. The SMILES string of the molecule is C=CC[C@H](O)CC[C@H](C)/C=C/C(=O)OC. The molecule has 0 aromatic heterocycles. The summed E-state index contributed by atoms with van der Waals surface area (Å²) in [7, 11) is 1.35. The van der Waals surface area contributed by atoms with E-state index in [4.69, 9.17) is 0 Å². The molecule has 0 aromatic carbocycles. The molecule has 0 aliphatic heterocycles. The van der Waals surface area contributed by atoms with Gasteiger partial charge in [-0.15, -0.1) is 6.58 Å². The molecule has 86 valence electrons. The summed E-state index contributed by atoms with van der Waals surface area (Å²) < 4.78 is 4.48. The van der Waals surface area contributed by atoms with Crippen LogP contribution in [0.2, 0.25) is 0 Å². The minimum absolute atomic E-state index is 0.267. The van der Waals surface area contributed by atoms with Crippen LogP contribution in [0.15, 0.2) is 24.8 Å². The van der Waals surface area contributed by atoms with Crippen molar-refractivity contribution in [2.45, 2.75) is 32.3 Å². The molecular formula is C12H20O3. The predicted molar refractivity (Wildman–Crippen MR) is 60.4 cm³/mol. The zero-order chi connectivity index (χ0) is 11.7. The summed E-state index contributed by atoms with van der Waals surface area (Å²) in [5, 5.41) is 9.43. The Morgan fingerprint density at radius 2 is 2.20 bits per heavy atom. The van der Waals surface area contributed by atoms with Gasteiger partial charge >= 0.3 is 5.97 Å². The van der Waals surface area contributed by atoms with Crippen molar-refractivity contribution in [3.05, 3.63) is 24.8 Å². The number of aliphatic hydroxyl groups excluding tert-OH is 1. The first-order valence-electron chi connectivity index (χ1n) is 5.15. The van der Waals surface area contributed by atoms with Crippen LogP contribution in [-0.2, 0) is 9.53 Å². The largest absolute Gasteiger partial charge is 0.466 e. The van der Waals surface area contributed by atoms with E-state index in [0.717, 1.165) is 12.8 Å². The molecule has 3 heteroatoms. The van der Waals surface area contributed by atoms with Gasteiger partial charge < -0.3 is 9.84 Å². The molecule has 0 aliphatic carbocycles. The minimum Gasteiger partial charge on any atom is -0.466 e. The van der Waals surface area contributed by atoms with Gasteiger partial charge in [-0.1, -0.05) is 19.1 Å². The maximum absolute atomic E-state index is 10.8. The van der Waals surface area contributed by atoms with Crippen LogP contribution in [0.3, 0.4) is 0 Å². The molecule has 2 atom stereocenters. The smallest absolute Gasteiger partial charge is 0.330 e. The molecule has 0 amide bonds. The highest BCUT2D eigenvalue weighted by atomic mass is 16.5. The van der Waals surface area contributed by atoms with Crippen molar-refractivity contribution >= 4 is 5.97 Å². The maximum Gasteiger partial charge on any atom is 0.330 e. The minimum atomic E-state index is -0.339. The summed E-state index contributed by atoms with van der Waals surface area (Å²) in [5.74, 6) is -0.0722. The van der Waals surface area contributed by atoms with Crippen molar-refractivity contribution in [3.8, 4) is 0 Å². The Morgan fingerprint density at radius 1 is 1.53 bits per heavy atom. The fourth-order valence-electron chi connectivity index (χ4n) is 1.17. The van der Waals surface area contributed by atoms with Crippen molar-refractivity contribution in [1.82, 2.24) is 0 Å². The molecule has 0 saturated carbocycles. The summed E-state index contributed by atoms with van der Waals surface area (Å²) in [6.07, 6.45) is 6.79. The summed E-state index contributed by atoms with van der Waals surface area (Å²) in [4.78, 5) is 10.8. The van der Waals surface area contributed by atoms with Crippen LogP contribution < -0.4 is 0 Å². The van der Waals surface area contributed by atoms with Crippen LogP contribution in [0.5, 0.6) is 0 Å². The first-order chi connectivity index (χ1) is 7.10. The summed E-state index contributed by atoms with van der Waals surface area (Å²) in [5.41, 5.74) is 0. The van der Waals surface area contributed by atoms with Gasteiger partial charge in [-0.05, 0) is 25.2 Å².